The predicted octanol–water partition coefficient (Wildman–Crippen LogP) is 2.18. The molecule has 2 aliphatic heterocycles. The molecule has 0 bridgehead atoms. The Morgan fingerprint density at radius 2 is 1.79 bits per heavy atom. The van der Waals surface area contributed by atoms with Crippen molar-refractivity contribution in [3.05, 3.63) is 0 Å². The molecule has 2 heterocycles. The summed E-state index contributed by atoms with van der Waals surface area (Å²) in [6.07, 6.45) is -0.137. The van der Waals surface area contributed by atoms with Gasteiger partial charge < -0.3 is 10.2 Å². The second-order valence-corrected chi connectivity index (χ2v) is 5.69. The van der Waals surface area contributed by atoms with Crippen LogP contribution < -0.4 is 5.32 Å². The minimum absolute atomic E-state index is 0.250. The third-order valence-electron chi connectivity index (χ3n) is 4.23. The molecule has 2 fully saturated rings. The standard InChI is InChI=1S/C13H21F3N2O/c14-13(15,16)12(19)18-6-1-2-10(5-7-18)3-4-11-8-17-9-11/h10-11,17H,1-9H2. The maximum atomic E-state index is 12.4. The van der Waals surface area contributed by atoms with Crippen molar-refractivity contribution >= 4 is 5.91 Å². The summed E-state index contributed by atoms with van der Waals surface area (Å²) in [7, 11) is 0. The number of nitrogens with zero attached hydrogens (tertiary/aromatic N) is 1. The molecule has 0 aromatic carbocycles. The van der Waals surface area contributed by atoms with E-state index in [1.54, 1.807) is 0 Å². The topological polar surface area (TPSA) is 32.3 Å². The maximum absolute atomic E-state index is 12.4. The van der Waals surface area contributed by atoms with Gasteiger partial charge in [-0.1, -0.05) is 6.42 Å². The summed E-state index contributed by atoms with van der Waals surface area (Å²) < 4.78 is 37.1. The molecule has 0 radical (unpaired) electrons. The molecule has 2 aliphatic rings. The Kier molecular flexibility index (Phi) is 4.71. The van der Waals surface area contributed by atoms with Gasteiger partial charge >= 0.3 is 12.1 Å². The zero-order valence-electron chi connectivity index (χ0n) is 11.0. The van der Waals surface area contributed by atoms with E-state index in [1.807, 2.05) is 0 Å². The summed E-state index contributed by atoms with van der Waals surface area (Å²) in [5, 5.41) is 3.22. The Morgan fingerprint density at radius 3 is 2.37 bits per heavy atom. The van der Waals surface area contributed by atoms with Crippen LogP contribution in [0.2, 0.25) is 0 Å². The van der Waals surface area contributed by atoms with Crippen LogP contribution in [0.4, 0.5) is 13.2 Å². The lowest BCUT2D eigenvalue weighted by atomic mass is 9.88. The molecule has 1 amide bonds. The SMILES string of the molecule is O=C(N1CCCC(CCC2CNC2)CC1)C(F)(F)F. The lowest BCUT2D eigenvalue weighted by molar-refractivity contribution is -0.185. The summed E-state index contributed by atoms with van der Waals surface area (Å²) in [4.78, 5) is 12.2. The van der Waals surface area contributed by atoms with Gasteiger partial charge in [0.2, 0.25) is 0 Å². The molecule has 1 N–H and O–H groups in total. The average Bonchev–Trinajstić information content (AvgIpc) is 2.50. The lowest BCUT2D eigenvalue weighted by Gasteiger charge is -2.28. The van der Waals surface area contributed by atoms with E-state index >= 15 is 0 Å². The average molecular weight is 278 g/mol. The van der Waals surface area contributed by atoms with Crippen LogP contribution in [0.15, 0.2) is 0 Å². The number of amides is 1. The maximum Gasteiger partial charge on any atom is 0.471 e. The van der Waals surface area contributed by atoms with Gasteiger partial charge in [-0.15, -0.1) is 0 Å². The first kappa shape index (κ1) is 14.6. The van der Waals surface area contributed by atoms with Gasteiger partial charge in [-0.05, 0) is 50.6 Å². The van der Waals surface area contributed by atoms with Crippen LogP contribution in [0.5, 0.6) is 0 Å². The van der Waals surface area contributed by atoms with E-state index in [9.17, 15) is 18.0 Å². The highest BCUT2D eigenvalue weighted by molar-refractivity contribution is 5.81. The third kappa shape index (κ3) is 4.09. The van der Waals surface area contributed by atoms with Crippen molar-refractivity contribution < 1.29 is 18.0 Å². The zero-order valence-corrected chi connectivity index (χ0v) is 11.0. The molecule has 1 unspecified atom stereocenters. The van der Waals surface area contributed by atoms with Crippen LogP contribution in [-0.4, -0.2) is 43.2 Å². The molecule has 19 heavy (non-hydrogen) atoms. The van der Waals surface area contributed by atoms with Crippen LogP contribution in [0.1, 0.15) is 32.1 Å². The number of likely N-dealkylation sites (tertiary alicyclic amines) is 1. The molecule has 110 valence electrons. The molecule has 2 rings (SSSR count). The van der Waals surface area contributed by atoms with Crippen LogP contribution in [-0.2, 0) is 4.79 Å². The van der Waals surface area contributed by atoms with Crippen LogP contribution in [0.25, 0.3) is 0 Å². The Hall–Kier alpha value is -0.780. The minimum atomic E-state index is -4.72. The van der Waals surface area contributed by atoms with Crippen molar-refractivity contribution in [1.82, 2.24) is 10.2 Å². The lowest BCUT2D eigenvalue weighted by Crippen LogP contribution is -2.42. The van der Waals surface area contributed by atoms with Crippen molar-refractivity contribution in [2.24, 2.45) is 11.8 Å². The number of hydrogen-bond acceptors (Lipinski definition) is 2. The van der Waals surface area contributed by atoms with E-state index in [0.717, 1.165) is 43.2 Å². The molecule has 0 aromatic heterocycles. The van der Waals surface area contributed by atoms with Crippen molar-refractivity contribution in [2.45, 2.75) is 38.3 Å². The Morgan fingerprint density at radius 1 is 1.11 bits per heavy atom. The van der Waals surface area contributed by atoms with E-state index in [4.69, 9.17) is 0 Å². The summed E-state index contributed by atoms with van der Waals surface area (Å²) in [6, 6.07) is 0. The zero-order chi connectivity index (χ0) is 13.9. The summed E-state index contributed by atoms with van der Waals surface area (Å²) in [5.74, 6) is -0.445. The smallest absolute Gasteiger partial charge is 0.335 e. The van der Waals surface area contributed by atoms with Gasteiger partial charge in [-0.2, -0.15) is 13.2 Å². The van der Waals surface area contributed by atoms with Gasteiger partial charge in [-0.25, -0.2) is 0 Å². The number of halogens is 3. The highest BCUT2D eigenvalue weighted by atomic mass is 19.4. The summed E-state index contributed by atoms with van der Waals surface area (Å²) in [6.45, 7) is 2.66. The number of rotatable bonds is 3. The molecule has 0 spiro atoms. The largest absolute Gasteiger partial charge is 0.471 e. The first-order valence-electron chi connectivity index (χ1n) is 7.03. The molecule has 3 nitrogen and oxygen atoms in total. The Labute approximate surface area is 111 Å². The summed E-state index contributed by atoms with van der Waals surface area (Å²) >= 11 is 0. The van der Waals surface area contributed by atoms with Gasteiger partial charge in [0.15, 0.2) is 0 Å². The van der Waals surface area contributed by atoms with E-state index < -0.39 is 12.1 Å². The second-order valence-electron chi connectivity index (χ2n) is 5.69. The first-order chi connectivity index (χ1) is 8.97. The fourth-order valence-electron chi connectivity index (χ4n) is 2.86. The van der Waals surface area contributed by atoms with E-state index in [0.29, 0.717) is 18.8 Å². The monoisotopic (exact) mass is 278 g/mol. The Bertz CT molecular complexity index is 316. The van der Waals surface area contributed by atoms with Crippen LogP contribution >= 0.6 is 0 Å². The van der Waals surface area contributed by atoms with Crippen molar-refractivity contribution in [1.29, 1.82) is 0 Å². The molecule has 6 heteroatoms. The van der Waals surface area contributed by atoms with Gasteiger partial charge in [0.25, 0.3) is 0 Å². The van der Waals surface area contributed by atoms with Crippen molar-refractivity contribution in [3.8, 4) is 0 Å². The molecular weight excluding hydrogens is 257 g/mol. The summed E-state index contributed by atoms with van der Waals surface area (Å²) in [5.41, 5.74) is 0. The normalized spacial score (nSPS) is 25.8. The molecular formula is C13H21F3N2O. The molecule has 2 saturated heterocycles. The van der Waals surface area contributed by atoms with Crippen molar-refractivity contribution in [2.75, 3.05) is 26.2 Å². The number of alkyl halides is 3. The molecule has 0 aliphatic carbocycles. The number of nitrogens with one attached hydrogen (secondary N) is 1. The second kappa shape index (κ2) is 6.11. The van der Waals surface area contributed by atoms with E-state index in [-0.39, 0.29) is 13.1 Å². The number of carbonyl (C=O) groups is 1. The third-order valence-corrected chi connectivity index (χ3v) is 4.23. The minimum Gasteiger partial charge on any atom is -0.335 e. The van der Waals surface area contributed by atoms with Gasteiger partial charge in [0, 0.05) is 13.1 Å². The van der Waals surface area contributed by atoms with E-state index in [1.165, 1.54) is 0 Å². The highest BCUT2D eigenvalue weighted by Gasteiger charge is 2.42. The van der Waals surface area contributed by atoms with Gasteiger partial charge in [0.05, 0.1) is 0 Å². The quantitative estimate of drug-likeness (QED) is 0.858. The molecule has 1 atom stereocenters. The Balaban J connectivity index is 1.75. The van der Waals surface area contributed by atoms with E-state index in [2.05, 4.69) is 5.32 Å². The fraction of sp³-hybridized carbons (Fsp3) is 0.923. The van der Waals surface area contributed by atoms with Gasteiger partial charge in [0.1, 0.15) is 0 Å². The molecule has 0 aromatic rings. The fourth-order valence-corrected chi connectivity index (χ4v) is 2.86. The van der Waals surface area contributed by atoms with Crippen LogP contribution in [0.3, 0.4) is 0 Å². The molecule has 0 saturated carbocycles. The van der Waals surface area contributed by atoms with Crippen molar-refractivity contribution in [3.63, 3.8) is 0 Å². The van der Waals surface area contributed by atoms with Crippen LogP contribution in [0, 0.1) is 11.8 Å². The highest BCUT2D eigenvalue weighted by Crippen LogP contribution is 2.27. The first-order valence-corrected chi connectivity index (χ1v) is 7.03. The predicted molar refractivity (Wildman–Crippen MR) is 65.6 cm³/mol. The number of hydrogen-bond donors (Lipinski definition) is 1. The number of carbonyl (C=O) groups excluding carboxylic acids is 1. The van der Waals surface area contributed by atoms with Gasteiger partial charge in [-0.3, -0.25) is 4.79 Å².